The molecule has 0 spiro atoms. The van der Waals surface area contributed by atoms with Crippen molar-refractivity contribution in [3.63, 3.8) is 0 Å². The van der Waals surface area contributed by atoms with Crippen LogP contribution >= 0.6 is 0 Å². The molecule has 2 aliphatic rings. The minimum Gasteiger partial charge on any atom is -0.481 e. The van der Waals surface area contributed by atoms with Crippen molar-refractivity contribution in [1.29, 1.82) is 0 Å². The van der Waals surface area contributed by atoms with Crippen molar-refractivity contribution in [2.24, 2.45) is 10.8 Å². The minimum absolute atomic E-state index is 0.0241. The molecule has 3 N–H and O–H groups in total. The summed E-state index contributed by atoms with van der Waals surface area (Å²) >= 11 is 0. The number of alkyl carbamates (subject to hydrolysis) is 1. The predicted molar refractivity (Wildman–Crippen MR) is 133 cm³/mol. The quantitative estimate of drug-likeness (QED) is 0.510. The van der Waals surface area contributed by atoms with Crippen LogP contribution in [-0.2, 0) is 14.3 Å². The molecule has 2 aromatic rings. The molecular weight excluding hydrogens is 444 g/mol. The van der Waals surface area contributed by atoms with Crippen molar-refractivity contribution in [2.45, 2.75) is 58.4 Å². The summed E-state index contributed by atoms with van der Waals surface area (Å²) in [4.78, 5) is 37.1. The van der Waals surface area contributed by atoms with Gasteiger partial charge >= 0.3 is 12.1 Å². The molecule has 0 saturated heterocycles. The lowest BCUT2D eigenvalue weighted by Crippen LogP contribution is -2.51. The molecule has 186 valence electrons. The van der Waals surface area contributed by atoms with E-state index >= 15 is 0 Å². The van der Waals surface area contributed by atoms with Crippen LogP contribution in [0.5, 0.6) is 0 Å². The highest BCUT2D eigenvalue weighted by Crippen LogP contribution is 2.44. The lowest BCUT2D eigenvalue weighted by Gasteiger charge is -2.31. The fraction of sp³-hybridized carbons (Fsp3) is 0.464. The summed E-state index contributed by atoms with van der Waals surface area (Å²) in [6.45, 7) is 5.62. The molecule has 2 unspecified atom stereocenters. The smallest absolute Gasteiger partial charge is 0.407 e. The minimum atomic E-state index is -0.914. The average Bonchev–Trinajstić information content (AvgIpc) is 3.36. The van der Waals surface area contributed by atoms with E-state index in [1.807, 2.05) is 31.2 Å². The highest BCUT2D eigenvalue weighted by molar-refractivity contribution is 5.84. The number of rotatable bonds is 8. The summed E-state index contributed by atoms with van der Waals surface area (Å²) in [6, 6.07) is 16.0. The first-order valence-corrected chi connectivity index (χ1v) is 12.3. The van der Waals surface area contributed by atoms with Crippen molar-refractivity contribution in [2.75, 3.05) is 13.2 Å². The third kappa shape index (κ3) is 4.90. The number of amides is 2. The number of hydrogen-bond acceptors (Lipinski definition) is 4. The van der Waals surface area contributed by atoms with Crippen molar-refractivity contribution in [3.05, 3.63) is 59.7 Å². The van der Waals surface area contributed by atoms with E-state index in [1.54, 1.807) is 13.8 Å². The number of hydrogen-bond donors (Lipinski definition) is 3. The maximum Gasteiger partial charge on any atom is 0.407 e. The van der Waals surface area contributed by atoms with Gasteiger partial charge in [0, 0.05) is 18.5 Å². The van der Waals surface area contributed by atoms with Crippen LogP contribution in [0.25, 0.3) is 11.1 Å². The molecule has 0 bridgehead atoms. The van der Waals surface area contributed by atoms with Gasteiger partial charge in [0.25, 0.3) is 0 Å². The van der Waals surface area contributed by atoms with E-state index in [4.69, 9.17) is 4.74 Å². The largest absolute Gasteiger partial charge is 0.481 e. The standard InChI is InChI=1S/C28H34N2O5/c1-27(2,25(32)33)15-16-29-24(31)28(3)14-8-13-23(28)30-26(34)35-17-22-20-11-6-4-9-18(20)19-10-5-7-12-21(19)22/h4-7,9-12,22-23H,8,13-17H2,1-3H3,(H,29,31)(H,30,34)(H,32,33). The van der Waals surface area contributed by atoms with Gasteiger partial charge in [-0.3, -0.25) is 9.59 Å². The summed E-state index contributed by atoms with van der Waals surface area (Å²) in [5.74, 6) is -1.09. The Balaban J connectivity index is 1.35. The van der Waals surface area contributed by atoms with Crippen LogP contribution in [0, 0.1) is 10.8 Å². The maximum absolute atomic E-state index is 13.0. The van der Waals surface area contributed by atoms with Crippen molar-refractivity contribution in [1.82, 2.24) is 10.6 Å². The van der Waals surface area contributed by atoms with Crippen LogP contribution in [0.15, 0.2) is 48.5 Å². The molecular formula is C28H34N2O5. The van der Waals surface area contributed by atoms with E-state index in [9.17, 15) is 19.5 Å². The van der Waals surface area contributed by atoms with E-state index in [0.717, 1.165) is 17.5 Å². The molecule has 2 aliphatic carbocycles. The molecule has 0 aliphatic heterocycles. The second-order valence-corrected chi connectivity index (χ2v) is 10.5. The lowest BCUT2D eigenvalue weighted by atomic mass is 9.83. The molecule has 4 rings (SSSR count). The summed E-state index contributed by atoms with van der Waals surface area (Å²) in [7, 11) is 0. The zero-order valence-corrected chi connectivity index (χ0v) is 20.6. The van der Waals surface area contributed by atoms with Gasteiger partial charge in [-0.05, 0) is 62.3 Å². The fourth-order valence-corrected chi connectivity index (χ4v) is 5.25. The van der Waals surface area contributed by atoms with Gasteiger partial charge in [0.1, 0.15) is 6.61 Å². The van der Waals surface area contributed by atoms with E-state index < -0.39 is 22.9 Å². The Morgan fingerprint density at radius 2 is 1.66 bits per heavy atom. The molecule has 2 aromatic carbocycles. The van der Waals surface area contributed by atoms with Gasteiger partial charge in [0.15, 0.2) is 0 Å². The molecule has 0 heterocycles. The number of carbonyl (C=O) groups is 3. The van der Waals surface area contributed by atoms with Crippen LogP contribution in [0.1, 0.15) is 63.5 Å². The molecule has 0 radical (unpaired) electrons. The number of carbonyl (C=O) groups excluding carboxylic acids is 2. The van der Waals surface area contributed by atoms with E-state index in [1.165, 1.54) is 11.1 Å². The monoisotopic (exact) mass is 478 g/mol. The number of carboxylic acids is 1. The van der Waals surface area contributed by atoms with Crippen molar-refractivity contribution >= 4 is 18.0 Å². The molecule has 1 saturated carbocycles. The van der Waals surface area contributed by atoms with Crippen molar-refractivity contribution in [3.8, 4) is 11.1 Å². The van der Waals surface area contributed by atoms with Gasteiger partial charge in [-0.2, -0.15) is 0 Å². The van der Waals surface area contributed by atoms with E-state index in [-0.39, 0.29) is 31.0 Å². The van der Waals surface area contributed by atoms with Gasteiger partial charge in [-0.1, -0.05) is 55.0 Å². The summed E-state index contributed by atoms with van der Waals surface area (Å²) in [5.41, 5.74) is 2.96. The van der Waals surface area contributed by atoms with Gasteiger partial charge in [-0.15, -0.1) is 0 Å². The topological polar surface area (TPSA) is 105 Å². The predicted octanol–water partition coefficient (Wildman–Crippen LogP) is 4.70. The number of fused-ring (bicyclic) bond motifs is 3. The first-order valence-electron chi connectivity index (χ1n) is 12.3. The second-order valence-electron chi connectivity index (χ2n) is 10.5. The number of carboxylic acid groups (broad SMARTS) is 1. The van der Waals surface area contributed by atoms with Crippen LogP contribution in [0.3, 0.4) is 0 Å². The van der Waals surface area contributed by atoms with Gasteiger partial charge in [0.2, 0.25) is 5.91 Å². The average molecular weight is 479 g/mol. The van der Waals surface area contributed by atoms with E-state index in [2.05, 4.69) is 34.9 Å². The highest BCUT2D eigenvalue weighted by Gasteiger charge is 2.46. The number of nitrogens with one attached hydrogen (secondary N) is 2. The Labute approximate surface area is 206 Å². The lowest BCUT2D eigenvalue weighted by molar-refractivity contribution is -0.147. The van der Waals surface area contributed by atoms with Crippen LogP contribution in [0.2, 0.25) is 0 Å². The Bertz CT molecular complexity index is 1080. The number of aliphatic carboxylic acids is 1. The van der Waals surface area contributed by atoms with Gasteiger partial charge in [-0.25, -0.2) is 4.79 Å². The molecule has 35 heavy (non-hydrogen) atoms. The normalized spacial score (nSPS) is 21.2. The Hall–Kier alpha value is -3.35. The Kier molecular flexibility index (Phi) is 6.88. The molecule has 2 amide bonds. The van der Waals surface area contributed by atoms with Crippen LogP contribution < -0.4 is 10.6 Å². The maximum atomic E-state index is 13.0. The first-order chi connectivity index (χ1) is 16.6. The fourth-order valence-electron chi connectivity index (χ4n) is 5.25. The first kappa shape index (κ1) is 24.8. The second kappa shape index (κ2) is 9.72. The third-order valence-electron chi connectivity index (χ3n) is 7.73. The molecule has 7 nitrogen and oxygen atoms in total. The Morgan fingerprint density at radius 3 is 2.26 bits per heavy atom. The third-order valence-corrected chi connectivity index (χ3v) is 7.73. The highest BCUT2D eigenvalue weighted by atomic mass is 16.5. The van der Waals surface area contributed by atoms with Gasteiger partial charge < -0.3 is 20.5 Å². The summed E-state index contributed by atoms with van der Waals surface area (Å²) in [5, 5.41) is 15.1. The SMILES string of the molecule is CC(C)(CCNC(=O)C1(C)CCCC1NC(=O)OCC1c2ccccc2-c2ccccc21)C(=O)O. The zero-order chi connectivity index (χ0) is 25.2. The van der Waals surface area contributed by atoms with E-state index in [0.29, 0.717) is 19.3 Å². The summed E-state index contributed by atoms with van der Waals surface area (Å²) in [6.07, 6.45) is 1.96. The molecule has 2 atom stereocenters. The molecule has 7 heteroatoms. The molecule has 0 aromatic heterocycles. The molecule has 1 fully saturated rings. The summed E-state index contributed by atoms with van der Waals surface area (Å²) < 4.78 is 5.68. The van der Waals surface area contributed by atoms with Crippen molar-refractivity contribution < 1.29 is 24.2 Å². The number of ether oxygens (including phenoxy) is 1. The van der Waals surface area contributed by atoms with Gasteiger partial charge in [0.05, 0.1) is 10.8 Å². The zero-order valence-electron chi connectivity index (χ0n) is 20.6. The van der Waals surface area contributed by atoms with Crippen LogP contribution in [0.4, 0.5) is 4.79 Å². The Morgan fingerprint density at radius 1 is 1.06 bits per heavy atom. The van der Waals surface area contributed by atoms with Crippen LogP contribution in [-0.4, -0.2) is 42.3 Å². The number of benzene rings is 2.